The maximum Gasteiger partial charge on any atom is 0.336 e. The van der Waals surface area contributed by atoms with Crippen molar-refractivity contribution >= 4 is 97.4 Å². The average molecular weight is 1190 g/mol. The van der Waals surface area contributed by atoms with Crippen LogP contribution < -0.4 is 40.6 Å². The van der Waals surface area contributed by atoms with Gasteiger partial charge in [0.1, 0.15) is 28.5 Å². The van der Waals surface area contributed by atoms with Gasteiger partial charge in [0.15, 0.2) is 0 Å². The van der Waals surface area contributed by atoms with Gasteiger partial charge in [0.2, 0.25) is 11.8 Å². The maximum atomic E-state index is 13.6. The molecule has 0 aromatic heterocycles. The van der Waals surface area contributed by atoms with Crippen molar-refractivity contribution in [2.24, 2.45) is 20.2 Å². The van der Waals surface area contributed by atoms with Crippen LogP contribution in [0.3, 0.4) is 0 Å². The molecule has 0 saturated heterocycles. The number of thioether (sulfide) groups is 1. The molecule has 4 N–H and O–H groups in total. The molecule has 1 heterocycles. The van der Waals surface area contributed by atoms with Crippen molar-refractivity contribution < 1.29 is 43.1 Å². The lowest BCUT2D eigenvalue weighted by Gasteiger charge is -2.19. The second kappa shape index (κ2) is 29.7. The minimum absolute atomic E-state index is 0.0152. The molecule has 0 unspecified atom stereocenters. The summed E-state index contributed by atoms with van der Waals surface area (Å²) in [6, 6.07) is 41.6. The fourth-order valence-corrected chi connectivity index (χ4v) is 10.1. The van der Waals surface area contributed by atoms with E-state index in [0.29, 0.717) is 122 Å². The molecule has 2 aliphatic rings. The molecule has 0 bridgehead atoms. The number of nitriles is 1. The number of nitrogens with one attached hydrogen (secondary N) is 3. The van der Waals surface area contributed by atoms with Crippen LogP contribution in [-0.2, 0) is 9.59 Å². The fraction of sp³-hybridized carbons (Fsp3) is 0.215. The summed E-state index contributed by atoms with van der Waals surface area (Å²) in [5.74, 6) is 0.00933. The lowest BCUT2D eigenvalue weighted by Crippen LogP contribution is -2.27. The van der Waals surface area contributed by atoms with Crippen LogP contribution in [0.1, 0.15) is 57.5 Å². The first-order chi connectivity index (χ1) is 42.0. The third-order valence-corrected chi connectivity index (χ3v) is 14.9. The quantitative estimate of drug-likeness (QED) is 0.00746. The van der Waals surface area contributed by atoms with Crippen LogP contribution in [-0.4, -0.2) is 108 Å². The number of nitro groups is 1. The molecule has 0 atom stereocenters. The van der Waals surface area contributed by atoms with Crippen molar-refractivity contribution in [3.8, 4) is 40.0 Å². The Hall–Kier alpha value is -10.7. The van der Waals surface area contributed by atoms with E-state index in [1.165, 1.54) is 56.3 Å². The fourth-order valence-electron chi connectivity index (χ4n) is 9.23. The number of carbonyl (C=O) groups excluding carboxylic acids is 3. The van der Waals surface area contributed by atoms with Crippen molar-refractivity contribution in [3.63, 3.8) is 0 Å². The zero-order valence-electron chi connectivity index (χ0n) is 48.7. The maximum absolute atomic E-state index is 13.6. The summed E-state index contributed by atoms with van der Waals surface area (Å²) >= 11 is 1.43. The van der Waals surface area contributed by atoms with Gasteiger partial charge in [-0.05, 0) is 121 Å². The number of fused-ring (bicyclic) bond motifs is 2. The molecule has 87 heavy (non-hydrogen) atoms. The van der Waals surface area contributed by atoms with Crippen LogP contribution in [0, 0.1) is 21.4 Å². The van der Waals surface area contributed by atoms with Crippen LogP contribution in [0.5, 0.6) is 11.5 Å². The van der Waals surface area contributed by atoms with E-state index in [-0.39, 0.29) is 41.6 Å². The average Bonchev–Trinajstić information content (AvgIpc) is 0.886. The van der Waals surface area contributed by atoms with Crippen LogP contribution in [0.4, 0.5) is 39.8 Å². The summed E-state index contributed by atoms with van der Waals surface area (Å²) in [6.45, 7) is 1.20. The van der Waals surface area contributed by atoms with Gasteiger partial charge in [-0.1, -0.05) is 12.1 Å². The summed E-state index contributed by atoms with van der Waals surface area (Å²) in [5, 5.41) is 49.8. The number of amides is 3. The van der Waals surface area contributed by atoms with Gasteiger partial charge < -0.3 is 44.7 Å². The SMILES string of the molecule is CN=c1ccc2c(-c3cc(C(=O)NCCCC(=O)Nc4ccc(C(=CC#N)SCCNC(=O)CCCN(C)c5ccc(N=Nc6cc(OC)c(C=Nc7ccc([N+](=O)[O-])cc7)cc6OC)cc5)cc4)ccc3C(=O)O)c3ccc(N(C)C)cc3oc-2c1. The van der Waals surface area contributed by atoms with Crippen LogP contribution in [0.15, 0.2) is 170 Å². The molecule has 0 radical (unpaired) electrons. The molecule has 1 aliphatic carbocycles. The van der Waals surface area contributed by atoms with E-state index in [9.17, 15) is 39.7 Å². The van der Waals surface area contributed by atoms with Gasteiger partial charge in [0, 0.05) is 159 Å². The van der Waals surface area contributed by atoms with Crippen LogP contribution in [0.25, 0.3) is 38.3 Å². The number of nitrogens with zero attached hydrogens (tertiary/aromatic N) is 8. The predicted octanol–water partition coefficient (Wildman–Crippen LogP) is 12.4. The van der Waals surface area contributed by atoms with Gasteiger partial charge in [-0.25, -0.2) is 4.79 Å². The Morgan fingerprint density at radius 2 is 1.47 bits per heavy atom. The van der Waals surface area contributed by atoms with E-state index < -0.39 is 16.8 Å². The molecule has 6 aromatic rings. The van der Waals surface area contributed by atoms with E-state index in [2.05, 4.69) is 42.2 Å². The van der Waals surface area contributed by atoms with Gasteiger partial charge in [0.05, 0.1) is 47.5 Å². The molecule has 3 amide bonds. The van der Waals surface area contributed by atoms with Gasteiger partial charge in [-0.2, -0.15) is 10.4 Å². The Labute approximate surface area is 506 Å². The third-order valence-electron chi connectivity index (χ3n) is 13.8. The molecule has 6 aromatic carbocycles. The number of methoxy groups -OCH3 is 2. The Morgan fingerprint density at radius 3 is 2.16 bits per heavy atom. The number of azo groups is 1. The van der Waals surface area contributed by atoms with Crippen LogP contribution >= 0.6 is 11.8 Å². The molecular formula is C65H63N11O10S. The van der Waals surface area contributed by atoms with Gasteiger partial charge >= 0.3 is 5.97 Å². The number of carbonyl (C=O) groups is 4. The Kier molecular flexibility index (Phi) is 21.3. The molecule has 1 aliphatic heterocycles. The normalized spacial score (nSPS) is 11.6. The zero-order chi connectivity index (χ0) is 62.0. The molecule has 0 saturated carbocycles. The Bertz CT molecular complexity index is 4010. The number of rotatable bonds is 26. The number of carboxylic acids is 1. The zero-order valence-corrected chi connectivity index (χ0v) is 49.5. The van der Waals surface area contributed by atoms with Crippen molar-refractivity contribution in [1.29, 1.82) is 5.26 Å². The largest absolute Gasteiger partial charge is 0.496 e. The number of hydrogen-bond acceptors (Lipinski definition) is 17. The molecule has 21 nitrogen and oxygen atoms in total. The number of allylic oxidation sites excluding steroid dienone is 1. The highest BCUT2D eigenvalue weighted by Gasteiger charge is 2.24. The number of aromatic carboxylic acids is 1. The number of nitro benzene ring substituents is 1. The Balaban J connectivity index is 0.754. The molecule has 0 spiro atoms. The highest BCUT2D eigenvalue weighted by atomic mass is 32.2. The number of carboxylic acid groups (broad SMARTS) is 1. The number of benzene rings is 7. The number of anilines is 3. The first kappa shape index (κ1) is 62.4. The topological polar surface area (TPSA) is 279 Å². The van der Waals surface area contributed by atoms with Crippen molar-refractivity contribution in [3.05, 3.63) is 183 Å². The van der Waals surface area contributed by atoms with Crippen molar-refractivity contribution in [2.45, 2.75) is 25.7 Å². The highest BCUT2D eigenvalue weighted by Crippen LogP contribution is 2.43. The minimum atomic E-state index is -1.15. The molecule has 8 rings (SSSR count). The predicted molar refractivity (Wildman–Crippen MR) is 340 cm³/mol. The second-order valence-corrected chi connectivity index (χ2v) is 21.0. The van der Waals surface area contributed by atoms with E-state index in [1.807, 2.05) is 85.5 Å². The smallest absolute Gasteiger partial charge is 0.336 e. The molecule has 444 valence electrons. The lowest BCUT2D eigenvalue weighted by molar-refractivity contribution is -0.384. The highest BCUT2D eigenvalue weighted by molar-refractivity contribution is 8.08. The summed E-state index contributed by atoms with van der Waals surface area (Å²) in [7, 11) is 10.5. The monoisotopic (exact) mass is 1190 g/mol. The van der Waals surface area contributed by atoms with E-state index in [1.54, 1.807) is 73.9 Å². The van der Waals surface area contributed by atoms with E-state index in [4.69, 9.17) is 13.9 Å². The molecule has 22 heteroatoms. The number of aliphatic imine (C=N–C) groups is 1. The lowest BCUT2D eigenvalue weighted by atomic mass is 9.89. The third kappa shape index (κ3) is 16.4. The van der Waals surface area contributed by atoms with Crippen molar-refractivity contribution in [2.75, 3.05) is 82.9 Å². The standard InChI is InChI=1S/C65H63N11O10S/c1-67-47-20-27-52-57(37-47)86-58-38-50(74(2)3)25-28-53(58)63(52)54-35-42(13-26-51(54)65(80)81)64(79)69-31-7-9-62(78)71-45-14-11-41(12-15-45)60(29-30-66)87-34-32-68-61(77)10-8-33-75(4)48-21-18-46(19-22-48)72-73-55-39-56(84-5)43(36-59(55)85-6)40-70-44-16-23-49(24-17-44)76(82)83/h11-29,35-40H,7-10,31-34H2,1-6H3,(H,68,77)(H,69,79)(H,71,78)(H,80,81). The summed E-state index contributed by atoms with van der Waals surface area (Å²) in [5.41, 5.74) is 7.69. The van der Waals surface area contributed by atoms with Gasteiger partial charge in [-0.3, -0.25) is 34.5 Å². The number of hydrogen-bond donors (Lipinski definition) is 4. The summed E-state index contributed by atoms with van der Waals surface area (Å²) < 4.78 is 17.5. The van der Waals surface area contributed by atoms with E-state index in [0.717, 1.165) is 16.9 Å². The first-order valence-electron chi connectivity index (χ1n) is 27.5. The molecular weight excluding hydrogens is 1130 g/mol. The van der Waals surface area contributed by atoms with Crippen LogP contribution in [0.2, 0.25) is 0 Å². The minimum Gasteiger partial charge on any atom is -0.496 e. The number of ether oxygens (including phenoxy) is 2. The Morgan fingerprint density at radius 1 is 0.759 bits per heavy atom. The van der Waals surface area contributed by atoms with E-state index >= 15 is 0 Å². The summed E-state index contributed by atoms with van der Waals surface area (Å²) in [6.07, 6.45) is 4.39. The van der Waals surface area contributed by atoms with Gasteiger partial charge in [0.25, 0.3) is 11.6 Å². The van der Waals surface area contributed by atoms with Gasteiger partial charge in [-0.15, -0.1) is 16.9 Å². The first-order valence-corrected chi connectivity index (χ1v) is 28.5. The number of non-ortho nitro benzene ring substituents is 1. The second-order valence-electron chi connectivity index (χ2n) is 19.9. The van der Waals surface area contributed by atoms with Crippen molar-refractivity contribution in [1.82, 2.24) is 10.6 Å². The molecule has 0 fully saturated rings. The summed E-state index contributed by atoms with van der Waals surface area (Å²) in [4.78, 5) is 76.0.